The number of hydrogen-bond donors (Lipinski definition) is 1. The number of nitrogens with zero attached hydrogens (tertiary/aromatic N) is 1. The van der Waals surface area contributed by atoms with E-state index in [4.69, 9.17) is 0 Å². The van der Waals surface area contributed by atoms with Gasteiger partial charge in [-0.1, -0.05) is 13.3 Å². The van der Waals surface area contributed by atoms with Gasteiger partial charge in [-0.3, -0.25) is 4.79 Å². The number of carbonyl (C=O) groups excluding carboxylic acids is 1. The van der Waals surface area contributed by atoms with Crippen molar-refractivity contribution in [3.05, 3.63) is 0 Å². The van der Waals surface area contributed by atoms with Crippen molar-refractivity contribution in [1.82, 2.24) is 10.2 Å². The lowest BCUT2D eigenvalue weighted by molar-refractivity contribution is -0.134. The highest BCUT2D eigenvalue weighted by Gasteiger charge is 2.23. The summed E-state index contributed by atoms with van der Waals surface area (Å²) in [7, 11) is 1.92. The monoisotopic (exact) mass is 198 g/mol. The molecule has 1 N–H and O–H groups in total. The molecule has 14 heavy (non-hydrogen) atoms. The SMILES string of the molecule is CCCCN(C)C(=O)C1CCCNC1. The number of carbonyl (C=O) groups is 1. The summed E-state index contributed by atoms with van der Waals surface area (Å²) in [6.45, 7) is 5.00. The standard InChI is InChI=1S/C11H22N2O/c1-3-4-8-13(2)11(14)10-6-5-7-12-9-10/h10,12H,3-9H2,1-2H3. The highest BCUT2D eigenvalue weighted by atomic mass is 16.2. The first-order chi connectivity index (χ1) is 6.75. The van der Waals surface area contributed by atoms with E-state index in [-0.39, 0.29) is 5.92 Å². The Balaban J connectivity index is 2.30. The van der Waals surface area contributed by atoms with E-state index in [1.54, 1.807) is 0 Å². The summed E-state index contributed by atoms with van der Waals surface area (Å²) >= 11 is 0. The van der Waals surface area contributed by atoms with Gasteiger partial charge >= 0.3 is 0 Å². The van der Waals surface area contributed by atoms with Crippen LogP contribution in [0.1, 0.15) is 32.6 Å². The minimum Gasteiger partial charge on any atom is -0.345 e. The molecule has 82 valence electrons. The minimum atomic E-state index is 0.227. The maximum absolute atomic E-state index is 11.9. The van der Waals surface area contributed by atoms with E-state index < -0.39 is 0 Å². The van der Waals surface area contributed by atoms with Gasteiger partial charge in [-0.2, -0.15) is 0 Å². The van der Waals surface area contributed by atoms with Crippen LogP contribution in [0.4, 0.5) is 0 Å². The average molecular weight is 198 g/mol. The fraction of sp³-hybridized carbons (Fsp3) is 0.909. The van der Waals surface area contributed by atoms with Gasteiger partial charge < -0.3 is 10.2 Å². The van der Waals surface area contributed by atoms with E-state index in [0.29, 0.717) is 5.91 Å². The van der Waals surface area contributed by atoms with E-state index in [1.165, 1.54) is 0 Å². The molecule has 1 unspecified atom stereocenters. The summed E-state index contributed by atoms with van der Waals surface area (Å²) in [5.41, 5.74) is 0. The zero-order valence-corrected chi connectivity index (χ0v) is 9.38. The number of unbranched alkanes of at least 4 members (excludes halogenated alkanes) is 1. The van der Waals surface area contributed by atoms with Gasteiger partial charge in [0.25, 0.3) is 0 Å². The summed E-state index contributed by atoms with van der Waals surface area (Å²) in [6.07, 6.45) is 4.46. The van der Waals surface area contributed by atoms with E-state index in [2.05, 4.69) is 12.2 Å². The van der Waals surface area contributed by atoms with Crippen molar-refractivity contribution in [3.63, 3.8) is 0 Å². The zero-order valence-electron chi connectivity index (χ0n) is 9.38. The normalized spacial score (nSPS) is 22.0. The Morgan fingerprint density at radius 3 is 2.93 bits per heavy atom. The van der Waals surface area contributed by atoms with Crippen molar-refractivity contribution >= 4 is 5.91 Å². The Labute approximate surface area is 86.9 Å². The molecule has 0 aromatic carbocycles. The molecule has 3 heteroatoms. The quantitative estimate of drug-likeness (QED) is 0.737. The first-order valence-corrected chi connectivity index (χ1v) is 5.71. The highest BCUT2D eigenvalue weighted by molar-refractivity contribution is 5.78. The molecule has 0 aliphatic carbocycles. The van der Waals surface area contributed by atoms with E-state index in [9.17, 15) is 4.79 Å². The molecule has 0 saturated carbocycles. The van der Waals surface area contributed by atoms with Crippen LogP contribution < -0.4 is 5.32 Å². The third-order valence-corrected chi connectivity index (χ3v) is 2.87. The summed E-state index contributed by atoms with van der Waals surface area (Å²) in [6, 6.07) is 0. The maximum atomic E-state index is 11.9. The molecule has 0 radical (unpaired) electrons. The molecule has 1 saturated heterocycles. The summed E-state index contributed by atoms with van der Waals surface area (Å²) in [4.78, 5) is 13.8. The number of nitrogens with one attached hydrogen (secondary N) is 1. The first kappa shape index (κ1) is 11.5. The Morgan fingerprint density at radius 2 is 2.36 bits per heavy atom. The van der Waals surface area contributed by atoms with Crippen molar-refractivity contribution in [2.24, 2.45) is 5.92 Å². The van der Waals surface area contributed by atoms with Crippen molar-refractivity contribution < 1.29 is 4.79 Å². The van der Waals surface area contributed by atoms with Crippen LogP contribution in [0.3, 0.4) is 0 Å². The van der Waals surface area contributed by atoms with Crippen LogP contribution in [0.25, 0.3) is 0 Å². The Morgan fingerprint density at radius 1 is 1.57 bits per heavy atom. The van der Waals surface area contributed by atoms with Crippen molar-refractivity contribution in [2.45, 2.75) is 32.6 Å². The van der Waals surface area contributed by atoms with Gasteiger partial charge in [0.05, 0.1) is 5.92 Å². The molecule has 1 amide bonds. The largest absolute Gasteiger partial charge is 0.345 e. The fourth-order valence-corrected chi connectivity index (χ4v) is 1.88. The van der Waals surface area contributed by atoms with E-state index >= 15 is 0 Å². The molecule has 0 aromatic heterocycles. The van der Waals surface area contributed by atoms with E-state index in [1.807, 2.05) is 11.9 Å². The predicted molar refractivity (Wildman–Crippen MR) is 58.1 cm³/mol. The molecule has 0 bridgehead atoms. The van der Waals surface area contributed by atoms with E-state index in [0.717, 1.165) is 45.3 Å². The van der Waals surface area contributed by atoms with Crippen LogP contribution in [0.15, 0.2) is 0 Å². The summed E-state index contributed by atoms with van der Waals surface area (Å²) in [5, 5.41) is 3.28. The third kappa shape index (κ3) is 3.29. The third-order valence-electron chi connectivity index (χ3n) is 2.87. The molecule has 1 fully saturated rings. The minimum absolute atomic E-state index is 0.227. The van der Waals surface area contributed by atoms with Crippen LogP contribution in [0, 0.1) is 5.92 Å². The zero-order chi connectivity index (χ0) is 10.4. The first-order valence-electron chi connectivity index (χ1n) is 5.71. The van der Waals surface area contributed by atoms with Crippen molar-refractivity contribution in [1.29, 1.82) is 0 Å². The van der Waals surface area contributed by atoms with Crippen molar-refractivity contribution in [2.75, 3.05) is 26.7 Å². The molecule has 3 nitrogen and oxygen atoms in total. The predicted octanol–water partition coefficient (Wildman–Crippen LogP) is 1.24. The second-order valence-electron chi connectivity index (χ2n) is 4.16. The molecule has 0 aromatic rings. The molecular formula is C11H22N2O. The molecule has 0 spiro atoms. The maximum Gasteiger partial charge on any atom is 0.226 e. The lowest BCUT2D eigenvalue weighted by atomic mass is 9.98. The van der Waals surface area contributed by atoms with Gasteiger partial charge in [-0.05, 0) is 25.8 Å². The number of hydrogen-bond acceptors (Lipinski definition) is 2. The molecule has 1 heterocycles. The molecule has 1 aliphatic rings. The van der Waals surface area contributed by atoms with Gasteiger partial charge in [0.15, 0.2) is 0 Å². The van der Waals surface area contributed by atoms with Gasteiger partial charge in [-0.15, -0.1) is 0 Å². The van der Waals surface area contributed by atoms with Crippen LogP contribution in [0.5, 0.6) is 0 Å². The van der Waals surface area contributed by atoms with Crippen LogP contribution in [-0.2, 0) is 4.79 Å². The second-order valence-corrected chi connectivity index (χ2v) is 4.16. The molecular weight excluding hydrogens is 176 g/mol. The van der Waals surface area contributed by atoms with Gasteiger partial charge in [0, 0.05) is 20.1 Å². The fourth-order valence-electron chi connectivity index (χ4n) is 1.88. The second kappa shape index (κ2) is 6.02. The molecule has 1 atom stereocenters. The van der Waals surface area contributed by atoms with Gasteiger partial charge in [0.2, 0.25) is 5.91 Å². The summed E-state index contributed by atoms with van der Waals surface area (Å²) < 4.78 is 0. The number of piperidine rings is 1. The van der Waals surface area contributed by atoms with Gasteiger partial charge in [0.1, 0.15) is 0 Å². The number of rotatable bonds is 4. The topological polar surface area (TPSA) is 32.3 Å². The highest BCUT2D eigenvalue weighted by Crippen LogP contribution is 2.12. The van der Waals surface area contributed by atoms with Crippen molar-refractivity contribution in [3.8, 4) is 0 Å². The summed E-state index contributed by atoms with van der Waals surface area (Å²) in [5.74, 6) is 0.552. The smallest absolute Gasteiger partial charge is 0.226 e. The molecule has 1 rings (SSSR count). The average Bonchev–Trinajstić information content (AvgIpc) is 2.26. The van der Waals surface area contributed by atoms with Crippen LogP contribution in [-0.4, -0.2) is 37.5 Å². The number of amides is 1. The Kier molecular flexibility index (Phi) is 4.94. The van der Waals surface area contributed by atoms with Crippen LogP contribution >= 0.6 is 0 Å². The Hall–Kier alpha value is -0.570. The Bertz CT molecular complexity index is 176. The van der Waals surface area contributed by atoms with Crippen LogP contribution in [0.2, 0.25) is 0 Å². The molecule has 1 aliphatic heterocycles. The lowest BCUT2D eigenvalue weighted by Gasteiger charge is -2.26. The van der Waals surface area contributed by atoms with Gasteiger partial charge in [-0.25, -0.2) is 0 Å². The lowest BCUT2D eigenvalue weighted by Crippen LogP contribution is -2.41.